The number of nitrogens with one attached hydrogen (secondary N) is 1. The molecule has 1 aliphatic carbocycles. The topological polar surface area (TPSA) is 15.3 Å². The third kappa shape index (κ3) is 4.73. The molecule has 1 heterocycles. The van der Waals surface area contributed by atoms with Crippen LogP contribution in [0.4, 0.5) is 0 Å². The lowest BCUT2D eigenvalue weighted by Gasteiger charge is -2.44. The molecule has 1 atom stereocenters. The maximum atomic E-state index is 3.87. The number of hydrogen-bond donors (Lipinski definition) is 1. The normalized spacial score (nSPS) is 23.6. The van der Waals surface area contributed by atoms with E-state index in [2.05, 4.69) is 31.0 Å². The minimum Gasteiger partial charge on any atom is -0.312 e. The van der Waals surface area contributed by atoms with Crippen molar-refractivity contribution in [1.29, 1.82) is 0 Å². The van der Waals surface area contributed by atoms with Crippen molar-refractivity contribution in [1.82, 2.24) is 10.2 Å². The molecule has 1 saturated carbocycles. The standard InChI is InChI=1S/C18H36N2/c1-4-13-19-17(12-11-16-9-10-16)18(2,3)20-14-7-5-6-8-15-20/h16-17,19H,4-15H2,1-3H3. The van der Waals surface area contributed by atoms with Crippen molar-refractivity contribution in [3.8, 4) is 0 Å². The van der Waals surface area contributed by atoms with E-state index in [1.807, 2.05) is 0 Å². The Bertz CT molecular complexity index is 263. The highest BCUT2D eigenvalue weighted by atomic mass is 15.2. The van der Waals surface area contributed by atoms with Crippen molar-refractivity contribution >= 4 is 0 Å². The fraction of sp³-hybridized carbons (Fsp3) is 1.00. The molecule has 2 heteroatoms. The van der Waals surface area contributed by atoms with Crippen LogP contribution in [0, 0.1) is 5.92 Å². The Morgan fingerprint density at radius 2 is 1.75 bits per heavy atom. The first-order chi connectivity index (χ1) is 9.64. The van der Waals surface area contributed by atoms with Gasteiger partial charge < -0.3 is 5.32 Å². The van der Waals surface area contributed by atoms with Crippen molar-refractivity contribution in [3.05, 3.63) is 0 Å². The maximum absolute atomic E-state index is 3.87. The Morgan fingerprint density at radius 3 is 2.30 bits per heavy atom. The lowest BCUT2D eigenvalue weighted by atomic mass is 9.87. The van der Waals surface area contributed by atoms with E-state index in [1.165, 1.54) is 77.4 Å². The predicted octanol–water partition coefficient (Wildman–Crippen LogP) is 4.20. The van der Waals surface area contributed by atoms with Crippen LogP contribution in [-0.2, 0) is 0 Å². The van der Waals surface area contributed by atoms with Crippen molar-refractivity contribution < 1.29 is 0 Å². The van der Waals surface area contributed by atoms with Gasteiger partial charge in [0.05, 0.1) is 0 Å². The van der Waals surface area contributed by atoms with E-state index in [9.17, 15) is 0 Å². The monoisotopic (exact) mass is 280 g/mol. The molecule has 2 rings (SSSR count). The van der Waals surface area contributed by atoms with E-state index < -0.39 is 0 Å². The van der Waals surface area contributed by atoms with Crippen molar-refractivity contribution in [2.24, 2.45) is 5.92 Å². The third-order valence-corrected chi connectivity index (χ3v) is 5.48. The first kappa shape index (κ1) is 16.3. The summed E-state index contributed by atoms with van der Waals surface area (Å²) in [6.07, 6.45) is 12.7. The molecule has 118 valence electrons. The van der Waals surface area contributed by atoms with Gasteiger partial charge in [-0.05, 0) is 71.5 Å². The second-order valence-corrected chi connectivity index (χ2v) is 7.58. The van der Waals surface area contributed by atoms with Crippen molar-refractivity contribution in [2.75, 3.05) is 19.6 Å². The van der Waals surface area contributed by atoms with Crippen LogP contribution in [0.25, 0.3) is 0 Å². The minimum atomic E-state index is 0.314. The molecule has 0 aromatic carbocycles. The maximum Gasteiger partial charge on any atom is 0.0306 e. The SMILES string of the molecule is CCCNC(CCC1CC1)C(C)(C)N1CCCCCC1. The summed E-state index contributed by atoms with van der Waals surface area (Å²) in [4.78, 5) is 2.78. The van der Waals surface area contributed by atoms with E-state index in [0.717, 1.165) is 5.92 Å². The first-order valence-corrected chi connectivity index (χ1v) is 9.13. The van der Waals surface area contributed by atoms with Gasteiger partial charge in [-0.25, -0.2) is 0 Å². The summed E-state index contributed by atoms with van der Waals surface area (Å²) >= 11 is 0. The quantitative estimate of drug-likeness (QED) is 0.717. The molecule has 1 N–H and O–H groups in total. The molecule has 2 nitrogen and oxygen atoms in total. The molecule has 0 aromatic heterocycles. The van der Waals surface area contributed by atoms with Gasteiger partial charge in [-0.2, -0.15) is 0 Å². The van der Waals surface area contributed by atoms with Gasteiger partial charge in [0.2, 0.25) is 0 Å². The van der Waals surface area contributed by atoms with Gasteiger partial charge in [-0.15, -0.1) is 0 Å². The molecule has 2 aliphatic rings. The fourth-order valence-corrected chi connectivity index (χ4v) is 3.70. The van der Waals surface area contributed by atoms with E-state index in [4.69, 9.17) is 0 Å². The average molecular weight is 280 g/mol. The van der Waals surface area contributed by atoms with Gasteiger partial charge in [0, 0.05) is 11.6 Å². The van der Waals surface area contributed by atoms with E-state index in [1.54, 1.807) is 0 Å². The Labute approximate surface area is 126 Å². The largest absolute Gasteiger partial charge is 0.312 e. The van der Waals surface area contributed by atoms with Crippen LogP contribution in [0.2, 0.25) is 0 Å². The van der Waals surface area contributed by atoms with E-state index >= 15 is 0 Å². The van der Waals surface area contributed by atoms with Crippen LogP contribution in [0.3, 0.4) is 0 Å². The van der Waals surface area contributed by atoms with Crippen LogP contribution in [-0.4, -0.2) is 36.1 Å². The third-order valence-electron chi connectivity index (χ3n) is 5.48. The molecule has 0 aromatic rings. The van der Waals surface area contributed by atoms with Crippen molar-refractivity contribution in [2.45, 2.75) is 90.1 Å². The van der Waals surface area contributed by atoms with Crippen LogP contribution < -0.4 is 5.32 Å². The molecule has 1 aliphatic heterocycles. The summed E-state index contributed by atoms with van der Waals surface area (Å²) in [5.41, 5.74) is 0.314. The Hall–Kier alpha value is -0.0800. The minimum absolute atomic E-state index is 0.314. The van der Waals surface area contributed by atoms with Gasteiger partial charge in [-0.3, -0.25) is 4.90 Å². The molecule has 0 radical (unpaired) electrons. The second-order valence-electron chi connectivity index (χ2n) is 7.58. The first-order valence-electron chi connectivity index (χ1n) is 9.13. The van der Waals surface area contributed by atoms with Gasteiger partial charge in [0.15, 0.2) is 0 Å². The van der Waals surface area contributed by atoms with Gasteiger partial charge >= 0.3 is 0 Å². The molecule has 0 spiro atoms. The zero-order valence-corrected chi connectivity index (χ0v) is 14.1. The zero-order valence-electron chi connectivity index (χ0n) is 14.1. The smallest absolute Gasteiger partial charge is 0.0306 e. The van der Waals surface area contributed by atoms with Crippen LogP contribution in [0.15, 0.2) is 0 Å². The predicted molar refractivity (Wildman–Crippen MR) is 88.2 cm³/mol. The van der Waals surface area contributed by atoms with E-state index in [-0.39, 0.29) is 0 Å². The van der Waals surface area contributed by atoms with Crippen molar-refractivity contribution in [3.63, 3.8) is 0 Å². The highest BCUT2D eigenvalue weighted by Gasteiger charge is 2.36. The molecule has 0 amide bonds. The van der Waals surface area contributed by atoms with Gasteiger partial charge in [0.1, 0.15) is 0 Å². The Morgan fingerprint density at radius 1 is 1.10 bits per heavy atom. The number of rotatable bonds is 8. The fourth-order valence-electron chi connectivity index (χ4n) is 3.70. The van der Waals surface area contributed by atoms with E-state index in [0.29, 0.717) is 11.6 Å². The molecule has 20 heavy (non-hydrogen) atoms. The molecular formula is C18H36N2. The molecule has 1 saturated heterocycles. The second kappa shape index (κ2) is 7.79. The lowest BCUT2D eigenvalue weighted by molar-refractivity contribution is 0.0785. The van der Waals surface area contributed by atoms with Crippen LogP contribution in [0.1, 0.15) is 78.6 Å². The molecular weight excluding hydrogens is 244 g/mol. The highest BCUT2D eigenvalue weighted by Crippen LogP contribution is 2.36. The lowest BCUT2D eigenvalue weighted by Crippen LogP contribution is -2.58. The Kier molecular flexibility index (Phi) is 6.35. The summed E-state index contributed by atoms with van der Waals surface area (Å²) in [7, 11) is 0. The molecule has 2 fully saturated rings. The highest BCUT2D eigenvalue weighted by molar-refractivity contribution is 4.95. The molecule has 0 bridgehead atoms. The molecule has 1 unspecified atom stereocenters. The number of hydrogen-bond acceptors (Lipinski definition) is 2. The average Bonchev–Trinajstić information content (AvgIpc) is 3.25. The Balaban J connectivity index is 1.93. The number of nitrogens with zero attached hydrogens (tertiary/aromatic N) is 1. The van der Waals surface area contributed by atoms with Crippen LogP contribution >= 0.6 is 0 Å². The number of likely N-dealkylation sites (tertiary alicyclic amines) is 1. The van der Waals surface area contributed by atoms with Gasteiger partial charge in [0.25, 0.3) is 0 Å². The summed E-state index contributed by atoms with van der Waals surface area (Å²) in [6, 6.07) is 0.668. The summed E-state index contributed by atoms with van der Waals surface area (Å²) < 4.78 is 0. The summed E-state index contributed by atoms with van der Waals surface area (Å²) in [6.45, 7) is 11.0. The summed E-state index contributed by atoms with van der Waals surface area (Å²) in [5.74, 6) is 1.06. The zero-order chi connectivity index (χ0) is 14.4. The van der Waals surface area contributed by atoms with Gasteiger partial charge in [-0.1, -0.05) is 32.6 Å². The summed E-state index contributed by atoms with van der Waals surface area (Å²) in [5, 5.41) is 3.87. The van der Waals surface area contributed by atoms with Crippen LogP contribution in [0.5, 0.6) is 0 Å².